The van der Waals surface area contributed by atoms with Gasteiger partial charge in [0.05, 0.1) is 0 Å². The topological polar surface area (TPSA) is 12.0 Å². The lowest BCUT2D eigenvalue weighted by Crippen LogP contribution is -2.32. The molecule has 1 unspecified atom stereocenters. The van der Waals surface area contributed by atoms with Crippen molar-refractivity contribution in [1.82, 2.24) is 5.32 Å². The van der Waals surface area contributed by atoms with E-state index in [1.807, 2.05) is 0 Å². The van der Waals surface area contributed by atoms with Gasteiger partial charge >= 0.3 is 0 Å². The van der Waals surface area contributed by atoms with Crippen LogP contribution in [-0.2, 0) is 6.42 Å². The van der Waals surface area contributed by atoms with Gasteiger partial charge in [0.15, 0.2) is 0 Å². The van der Waals surface area contributed by atoms with Gasteiger partial charge in [0, 0.05) is 6.04 Å². The fourth-order valence-corrected chi connectivity index (χ4v) is 3.53. The average molecular weight is 257 g/mol. The minimum Gasteiger partial charge on any atom is -0.314 e. The highest BCUT2D eigenvalue weighted by molar-refractivity contribution is 5.15. The molecule has 1 heteroatoms. The molecule has 0 aromatic heterocycles. The molecule has 0 heterocycles. The monoisotopic (exact) mass is 257 g/mol. The maximum absolute atomic E-state index is 3.77. The lowest BCUT2D eigenvalue weighted by Gasteiger charge is -2.31. The predicted molar refractivity (Wildman–Crippen MR) is 81.2 cm³/mol. The van der Waals surface area contributed by atoms with E-state index in [-0.39, 0.29) is 0 Å². The fourth-order valence-electron chi connectivity index (χ4n) is 3.53. The summed E-state index contributed by atoms with van der Waals surface area (Å²) in [7, 11) is 0. The molecule has 2 aliphatic carbocycles. The molecule has 104 valence electrons. The van der Waals surface area contributed by atoms with Crippen LogP contribution >= 0.6 is 0 Å². The molecule has 2 saturated carbocycles. The van der Waals surface area contributed by atoms with Gasteiger partial charge in [-0.3, -0.25) is 0 Å². The van der Waals surface area contributed by atoms with E-state index >= 15 is 0 Å². The molecule has 0 radical (unpaired) electrons. The molecule has 1 nitrogen and oxygen atoms in total. The Hall–Kier alpha value is -0.820. The molecule has 1 aromatic carbocycles. The summed E-state index contributed by atoms with van der Waals surface area (Å²) in [4.78, 5) is 0. The van der Waals surface area contributed by atoms with Gasteiger partial charge in [-0.15, -0.1) is 0 Å². The second-order valence-corrected chi connectivity index (χ2v) is 6.53. The Balaban J connectivity index is 1.60. The van der Waals surface area contributed by atoms with Crippen molar-refractivity contribution in [2.75, 3.05) is 6.54 Å². The first-order valence-corrected chi connectivity index (χ1v) is 8.19. The molecule has 1 N–H and O–H groups in total. The van der Waals surface area contributed by atoms with E-state index in [9.17, 15) is 0 Å². The highest BCUT2D eigenvalue weighted by atomic mass is 14.9. The van der Waals surface area contributed by atoms with Crippen molar-refractivity contribution < 1.29 is 0 Å². The number of rotatable bonds is 6. The Morgan fingerprint density at radius 3 is 2.37 bits per heavy atom. The maximum atomic E-state index is 3.77. The van der Waals surface area contributed by atoms with Crippen LogP contribution in [0.3, 0.4) is 0 Å². The third kappa shape index (κ3) is 4.07. The predicted octanol–water partition coefficient (Wildman–Crippen LogP) is 4.18. The van der Waals surface area contributed by atoms with Crippen molar-refractivity contribution in [2.45, 2.75) is 57.4 Å². The van der Waals surface area contributed by atoms with E-state index in [0.29, 0.717) is 0 Å². The Labute approximate surface area is 117 Å². The zero-order chi connectivity index (χ0) is 12.9. The molecule has 19 heavy (non-hydrogen) atoms. The van der Waals surface area contributed by atoms with Gasteiger partial charge < -0.3 is 5.32 Å². The largest absolute Gasteiger partial charge is 0.314 e. The molecule has 0 saturated heterocycles. The van der Waals surface area contributed by atoms with Crippen LogP contribution in [-0.4, -0.2) is 12.6 Å². The summed E-state index contributed by atoms with van der Waals surface area (Å²) in [5.41, 5.74) is 1.52. The van der Waals surface area contributed by atoms with Crippen molar-refractivity contribution in [3.63, 3.8) is 0 Å². The highest BCUT2D eigenvalue weighted by Gasteiger charge is 2.27. The number of hydrogen-bond acceptors (Lipinski definition) is 1. The van der Waals surface area contributed by atoms with Gasteiger partial charge in [0.2, 0.25) is 0 Å². The first kappa shape index (κ1) is 13.2. The molecule has 3 rings (SSSR count). The van der Waals surface area contributed by atoms with E-state index in [0.717, 1.165) is 17.9 Å². The van der Waals surface area contributed by atoms with E-state index < -0.39 is 0 Å². The van der Waals surface area contributed by atoms with Gasteiger partial charge in [-0.2, -0.15) is 0 Å². The first-order chi connectivity index (χ1) is 9.42. The van der Waals surface area contributed by atoms with Crippen LogP contribution in [0.5, 0.6) is 0 Å². The second-order valence-electron chi connectivity index (χ2n) is 6.53. The third-order valence-electron chi connectivity index (χ3n) is 4.90. The minimum absolute atomic E-state index is 0.849. The summed E-state index contributed by atoms with van der Waals surface area (Å²) < 4.78 is 0. The van der Waals surface area contributed by atoms with Crippen molar-refractivity contribution in [2.24, 2.45) is 11.8 Å². The molecule has 0 bridgehead atoms. The summed E-state index contributed by atoms with van der Waals surface area (Å²) >= 11 is 0. The molecule has 2 aliphatic rings. The van der Waals surface area contributed by atoms with Gasteiger partial charge in [-0.25, -0.2) is 0 Å². The summed E-state index contributed by atoms with van der Waals surface area (Å²) in [6.45, 7) is 1.24. The second kappa shape index (κ2) is 6.56. The zero-order valence-electron chi connectivity index (χ0n) is 12.0. The van der Waals surface area contributed by atoms with E-state index in [4.69, 9.17) is 0 Å². The fraction of sp³-hybridized carbons (Fsp3) is 0.667. The lowest BCUT2D eigenvalue weighted by atomic mass is 9.77. The van der Waals surface area contributed by atoms with Crippen LogP contribution in [0.15, 0.2) is 30.3 Å². The number of nitrogens with one attached hydrogen (secondary N) is 1. The van der Waals surface area contributed by atoms with Crippen LogP contribution in [0, 0.1) is 11.8 Å². The number of benzene rings is 1. The SMILES string of the molecule is c1ccc(CC(CNC2CC2)C2CCCCC2)cc1. The van der Waals surface area contributed by atoms with E-state index in [1.165, 1.54) is 63.5 Å². The maximum Gasteiger partial charge on any atom is 0.00683 e. The summed E-state index contributed by atoms with van der Waals surface area (Å²) in [5.74, 6) is 1.81. The van der Waals surface area contributed by atoms with Crippen LogP contribution in [0.1, 0.15) is 50.5 Å². The summed E-state index contributed by atoms with van der Waals surface area (Å²) in [5, 5.41) is 3.77. The van der Waals surface area contributed by atoms with Crippen LogP contribution in [0.25, 0.3) is 0 Å². The summed E-state index contributed by atoms with van der Waals surface area (Å²) in [6.07, 6.45) is 11.4. The molecule has 1 aromatic rings. The third-order valence-corrected chi connectivity index (χ3v) is 4.90. The Morgan fingerprint density at radius 1 is 0.947 bits per heavy atom. The summed E-state index contributed by atoms with van der Waals surface area (Å²) in [6, 6.07) is 11.9. The van der Waals surface area contributed by atoms with Gasteiger partial charge in [0.1, 0.15) is 0 Å². The molecular formula is C18H27N. The molecule has 1 atom stereocenters. The Morgan fingerprint density at radius 2 is 1.68 bits per heavy atom. The molecule has 2 fully saturated rings. The van der Waals surface area contributed by atoms with Gasteiger partial charge in [-0.05, 0) is 43.2 Å². The molecular weight excluding hydrogens is 230 g/mol. The smallest absolute Gasteiger partial charge is 0.00683 e. The lowest BCUT2D eigenvalue weighted by molar-refractivity contribution is 0.239. The quantitative estimate of drug-likeness (QED) is 0.806. The molecule has 0 spiro atoms. The van der Waals surface area contributed by atoms with Crippen LogP contribution in [0.2, 0.25) is 0 Å². The van der Waals surface area contributed by atoms with Gasteiger partial charge in [-0.1, -0.05) is 62.4 Å². The van der Waals surface area contributed by atoms with Crippen molar-refractivity contribution in [1.29, 1.82) is 0 Å². The Kier molecular flexibility index (Phi) is 4.55. The normalized spacial score (nSPS) is 22.3. The Bertz CT molecular complexity index is 363. The van der Waals surface area contributed by atoms with Gasteiger partial charge in [0.25, 0.3) is 0 Å². The average Bonchev–Trinajstić information content (AvgIpc) is 3.30. The first-order valence-electron chi connectivity index (χ1n) is 8.19. The number of hydrogen-bond donors (Lipinski definition) is 1. The standard InChI is InChI=1S/C18H27N/c1-3-7-15(8-4-1)13-17(14-19-18-11-12-18)16-9-5-2-6-10-16/h1,3-4,7-8,16-19H,2,5-6,9-14H2. The molecule has 0 aliphatic heterocycles. The van der Waals surface area contributed by atoms with E-state index in [2.05, 4.69) is 35.6 Å². The van der Waals surface area contributed by atoms with Crippen molar-refractivity contribution >= 4 is 0 Å². The van der Waals surface area contributed by atoms with Crippen LogP contribution in [0.4, 0.5) is 0 Å². The van der Waals surface area contributed by atoms with Crippen LogP contribution < -0.4 is 5.32 Å². The minimum atomic E-state index is 0.849. The van der Waals surface area contributed by atoms with E-state index in [1.54, 1.807) is 0 Å². The zero-order valence-corrected chi connectivity index (χ0v) is 12.0. The highest BCUT2D eigenvalue weighted by Crippen LogP contribution is 2.32. The molecule has 0 amide bonds. The van der Waals surface area contributed by atoms with Crippen molar-refractivity contribution in [3.8, 4) is 0 Å². The van der Waals surface area contributed by atoms with Crippen molar-refractivity contribution in [3.05, 3.63) is 35.9 Å².